The standard InChI is InChI=1S/C15H22N4O2/c1-12(13-7-8-16-11-17-13)18(2)14(20)5-3-9-19-10-4-6-15(19)21/h7-8,11-12H,3-6,9-10H2,1-2H3/t12-/m1/s1. The molecule has 1 aromatic heterocycles. The lowest BCUT2D eigenvalue weighted by Crippen LogP contribution is -2.31. The third-order valence-electron chi connectivity index (χ3n) is 4.00. The van der Waals surface area contributed by atoms with Crippen LogP contribution in [-0.2, 0) is 9.59 Å². The van der Waals surface area contributed by atoms with Gasteiger partial charge in [-0.15, -0.1) is 0 Å². The highest BCUT2D eigenvalue weighted by atomic mass is 16.2. The number of nitrogens with zero attached hydrogens (tertiary/aromatic N) is 4. The molecule has 0 N–H and O–H groups in total. The minimum atomic E-state index is -0.0751. The number of hydrogen-bond acceptors (Lipinski definition) is 4. The number of carbonyl (C=O) groups is 2. The first kappa shape index (κ1) is 15.4. The first-order valence-corrected chi connectivity index (χ1v) is 7.39. The summed E-state index contributed by atoms with van der Waals surface area (Å²) in [7, 11) is 1.79. The molecule has 6 nitrogen and oxygen atoms in total. The topological polar surface area (TPSA) is 66.4 Å². The van der Waals surface area contributed by atoms with E-state index in [1.54, 1.807) is 18.1 Å². The quantitative estimate of drug-likeness (QED) is 0.794. The summed E-state index contributed by atoms with van der Waals surface area (Å²) in [5.41, 5.74) is 0.829. The van der Waals surface area contributed by atoms with Gasteiger partial charge in [0.15, 0.2) is 0 Å². The first-order valence-electron chi connectivity index (χ1n) is 7.39. The average molecular weight is 290 g/mol. The Hall–Kier alpha value is -1.98. The van der Waals surface area contributed by atoms with Crippen LogP contribution in [0.1, 0.15) is 44.3 Å². The molecule has 0 aromatic carbocycles. The Bertz CT molecular complexity index is 492. The van der Waals surface area contributed by atoms with E-state index in [9.17, 15) is 9.59 Å². The fourth-order valence-electron chi connectivity index (χ4n) is 2.50. The molecule has 0 aliphatic carbocycles. The molecule has 114 valence electrons. The summed E-state index contributed by atoms with van der Waals surface area (Å²) < 4.78 is 0. The summed E-state index contributed by atoms with van der Waals surface area (Å²) in [6.45, 7) is 3.46. The van der Waals surface area contributed by atoms with E-state index in [2.05, 4.69) is 9.97 Å². The van der Waals surface area contributed by atoms with Crippen LogP contribution in [0.15, 0.2) is 18.6 Å². The zero-order valence-corrected chi connectivity index (χ0v) is 12.7. The van der Waals surface area contributed by atoms with Crippen LogP contribution in [-0.4, -0.2) is 51.7 Å². The average Bonchev–Trinajstić information content (AvgIpc) is 2.92. The number of aromatic nitrogens is 2. The van der Waals surface area contributed by atoms with Gasteiger partial charge in [0.1, 0.15) is 6.33 Å². The van der Waals surface area contributed by atoms with Crippen LogP contribution >= 0.6 is 0 Å². The summed E-state index contributed by atoms with van der Waals surface area (Å²) >= 11 is 0. The van der Waals surface area contributed by atoms with Crippen LogP contribution in [0.2, 0.25) is 0 Å². The Morgan fingerprint density at radius 2 is 2.33 bits per heavy atom. The molecule has 0 radical (unpaired) electrons. The van der Waals surface area contributed by atoms with Gasteiger partial charge in [-0.3, -0.25) is 9.59 Å². The Kier molecular flexibility index (Phi) is 5.25. The third kappa shape index (κ3) is 4.00. The zero-order valence-electron chi connectivity index (χ0n) is 12.7. The third-order valence-corrected chi connectivity index (χ3v) is 4.00. The van der Waals surface area contributed by atoms with Crippen LogP contribution in [0.25, 0.3) is 0 Å². The highest BCUT2D eigenvalue weighted by molar-refractivity contribution is 5.78. The molecule has 0 unspecified atom stereocenters. The van der Waals surface area contributed by atoms with Crippen molar-refractivity contribution in [3.8, 4) is 0 Å². The Balaban J connectivity index is 1.78. The molecule has 1 aliphatic heterocycles. The van der Waals surface area contributed by atoms with E-state index in [1.165, 1.54) is 6.33 Å². The second-order valence-corrected chi connectivity index (χ2v) is 5.40. The van der Waals surface area contributed by atoms with Gasteiger partial charge in [0, 0.05) is 39.2 Å². The molecule has 2 heterocycles. The van der Waals surface area contributed by atoms with E-state index in [0.29, 0.717) is 25.8 Å². The predicted molar refractivity (Wildman–Crippen MR) is 78.3 cm³/mol. The second kappa shape index (κ2) is 7.15. The predicted octanol–water partition coefficient (Wildman–Crippen LogP) is 1.40. The summed E-state index contributed by atoms with van der Waals surface area (Å²) in [5.74, 6) is 0.290. The van der Waals surface area contributed by atoms with Gasteiger partial charge in [-0.1, -0.05) is 0 Å². The van der Waals surface area contributed by atoms with E-state index in [0.717, 1.165) is 18.7 Å². The molecule has 1 aromatic rings. The monoisotopic (exact) mass is 290 g/mol. The first-order chi connectivity index (χ1) is 10.1. The van der Waals surface area contributed by atoms with Crippen molar-refractivity contribution >= 4 is 11.8 Å². The highest BCUT2D eigenvalue weighted by Gasteiger charge is 2.21. The van der Waals surface area contributed by atoms with E-state index < -0.39 is 0 Å². The molecule has 1 saturated heterocycles. The molecule has 0 spiro atoms. The maximum Gasteiger partial charge on any atom is 0.222 e. The van der Waals surface area contributed by atoms with Crippen molar-refractivity contribution in [1.29, 1.82) is 0 Å². The molecular formula is C15H22N4O2. The zero-order chi connectivity index (χ0) is 15.2. The van der Waals surface area contributed by atoms with Gasteiger partial charge in [-0.25, -0.2) is 9.97 Å². The maximum absolute atomic E-state index is 12.2. The molecule has 1 atom stereocenters. The maximum atomic E-state index is 12.2. The molecule has 0 saturated carbocycles. The van der Waals surface area contributed by atoms with E-state index >= 15 is 0 Å². The van der Waals surface area contributed by atoms with Crippen LogP contribution in [0, 0.1) is 0 Å². The van der Waals surface area contributed by atoms with Crippen LogP contribution in [0.4, 0.5) is 0 Å². The lowest BCUT2D eigenvalue weighted by molar-refractivity contribution is -0.133. The van der Waals surface area contributed by atoms with Crippen LogP contribution in [0.5, 0.6) is 0 Å². The number of carbonyl (C=O) groups excluding carboxylic acids is 2. The lowest BCUT2D eigenvalue weighted by Gasteiger charge is -2.25. The van der Waals surface area contributed by atoms with Crippen molar-refractivity contribution in [2.75, 3.05) is 20.1 Å². The smallest absolute Gasteiger partial charge is 0.222 e. The fourth-order valence-corrected chi connectivity index (χ4v) is 2.50. The second-order valence-electron chi connectivity index (χ2n) is 5.40. The molecule has 2 rings (SSSR count). The molecule has 21 heavy (non-hydrogen) atoms. The Labute approximate surface area is 125 Å². The number of likely N-dealkylation sites (tertiary alicyclic amines) is 1. The number of rotatable bonds is 6. The number of hydrogen-bond donors (Lipinski definition) is 0. The van der Waals surface area contributed by atoms with Gasteiger partial charge in [0.2, 0.25) is 11.8 Å². The van der Waals surface area contributed by atoms with Gasteiger partial charge >= 0.3 is 0 Å². The molecule has 0 bridgehead atoms. The summed E-state index contributed by atoms with van der Waals surface area (Å²) in [4.78, 5) is 35.3. The van der Waals surface area contributed by atoms with Crippen molar-refractivity contribution in [1.82, 2.24) is 19.8 Å². The molecule has 6 heteroatoms. The minimum absolute atomic E-state index is 0.0751. The van der Waals surface area contributed by atoms with Crippen LogP contribution < -0.4 is 0 Å². The fraction of sp³-hybridized carbons (Fsp3) is 0.600. The van der Waals surface area contributed by atoms with Crippen molar-refractivity contribution in [2.24, 2.45) is 0 Å². The highest BCUT2D eigenvalue weighted by Crippen LogP contribution is 2.17. The molecular weight excluding hydrogens is 268 g/mol. The summed E-state index contributed by atoms with van der Waals surface area (Å²) in [6, 6.07) is 1.74. The van der Waals surface area contributed by atoms with E-state index in [-0.39, 0.29) is 17.9 Å². The van der Waals surface area contributed by atoms with Crippen LogP contribution in [0.3, 0.4) is 0 Å². The Morgan fingerprint density at radius 3 is 2.95 bits per heavy atom. The van der Waals surface area contributed by atoms with Crippen molar-refractivity contribution in [3.05, 3.63) is 24.3 Å². The van der Waals surface area contributed by atoms with Gasteiger partial charge in [-0.2, -0.15) is 0 Å². The van der Waals surface area contributed by atoms with Crippen molar-refractivity contribution < 1.29 is 9.59 Å². The molecule has 1 aliphatic rings. The molecule has 1 fully saturated rings. The van der Waals surface area contributed by atoms with E-state index in [4.69, 9.17) is 0 Å². The van der Waals surface area contributed by atoms with Gasteiger partial charge in [0.05, 0.1) is 11.7 Å². The molecule has 2 amide bonds. The summed E-state index contributed by atoms with van der Waals surface area (Å²) in [6.07, 6.45) is 5.93. The van der Waals surface area contributed by atoms with Gasteiger partial charge in [0.25, 0.3) is 0 Å². The SMILES string of the molecule is C[C@H](c1ccncn1)N(C)C(=O)CCCN1CCCC1=O. The summed E-state index contributed by atoms with van der Waals surface area (Å²) in [5, 5.41) is 0. The lowest BCUT2D eigenvalue weighted by atomic mass is 10.2. The van der Waals surface area contributed by atoms with Gasteiger partial charge in [-0.05, 0) is 25.8 Å². The normalized spacial score (nSPS) is 16.1. The Morgan fingerprint density at radius 1 is 1.52 bits per heavy atom. The van der Waals surface area contributed by atoms with Crippen molar-refractivity contribution in [2.45, 2.75) is 38.6 Å². The van der Waals surface area contributed by atoms with Gasteiger partial charge < -0.3 is 9.80 Å². The number of amides is 2. The minimum Gasteiger partial charge on any atom is -0.343 e. The van der Waals surface area contributed by atoms with E-state index in [1.807, 2.05) is 17.9 Å². The largest absolute Gasteiger partial charge is 0.343 e. The van der Waals surface area contributed by atoms with Crippen molar-refractivity contribution in [3.63, 3.8) is 0 Å².